The van der Waals surface area contributed by atoms with Crippen LogP contribution in [0.15, 0.2) is 53.4 Å². The summed E-state index contributed by atoms with van der Waals surface area (Å²) in [6.45, 7) is 3.22. The summed E-state index contributed by atoms with van der Waals surface area (Å²) in [6, 6.07) is 14.9. The molecular weight excluding hydrogens is 324 g/mol. The van der Waals surface area contributed by atoms with Crippen molar-refractivity contribution in [2.24, 2.45) is 0 Å². The second-order valence-electron chi connectivity index (χ2n) is 6.06. The Morgan fingerprint density at radius 2 is 1.88 bits per heavy atom. The summed E-state index contributed by atoms with van der Waals surface area (Å²) < 4.78 is 33.8. The molecule has 1 heterocycles. The molecule has 3 rings (SSSR count). The van der Waals surface area contributed by atoms with Gasteiger partial charge in [0, 0.05) is 25.0 Å². The molecule has 2 aromatic rings. The van der Waals surface area contributed by atoms with Gasteiger partial charge in [0.1, 0.15) is 10.6 Å². The predicted molar refractivity (Wildman–Crippen MR) is 93.9 cm³/mol. The van der Waals surface area contributed by atoms with Gasteiger partial charge in [-0.05, 0) is 30.2 Å². The molecule has 0 radical (unpaired) electrons. The lowest BCUT2D eigenvalue weighted by atomic mass is 9.95. The second kappa shape index (κ2) is 6.93. The zero-order valence-corrected chi connectivity index (χ0v) is 14.6. The van der Waals surface area contributed by atoms with E-state index < -0.39 is 10.0 Å². The number of benzene rings is 2. The maximum Gasteiger partial charge on any atom is 0.244 e. The topological polar surface area (TPSA) is 67.4 Å². The normalized spacial score (nSPS) is 20.9. The standard InChI is InChI=1S/C18H22N2O3S/c1-13-8-9-17(23-2)18(10-13)24(21,22)20-16-12-19-11-15(16)14-6-4-3-5-7-14/h3-10,15-16,19-20H,11-12H2,1-2H3/t15-,16+/m1/s1. The molecule has 0 spiro atoms. The number of sulfonamides is 1. The Balaban J connectivity index is 1.88. The fourth-order valence-corrected chi connectivity index (χ4v) is 4.64. The molecule has 0 unspecified atom stereocenters. The predicted octanol–water partition coefficient (Wildman–Crippen LogP) is 2.04. The molecule has 1 aliphatic rings. The van der Waals surface area contributed by atoms with E-state index >= 15 is 0 Å². The molecule has 6 heteroatoms. The molecule has 1 saturated heterocycles. The van der Waals surface area contributed by atoms with E-state index in [4.69, 9.17) is 4.74 Å². The Morgan fingerprint density at radius 3 is 2.58 bits per heavy atom. The molecule has 0 aromatic heterocycles. The van der Waals surface area contributed by atoms with Gasteiger partial charge in [-0.3, -0.25) is 0 Å². The Kier molecular flexibility index (Phi) is 4.89. The third-order valence-corrected chi connectivity index (χ3v) is 5.87. The summed E-state index contributed by atoms with van der Waals surface area (Å²) in [5.41, 5.74) is 2.01. The fraction of sp³-hybridized carbons (Fsp3) is 0.333. The fourth-order valence-electron chi connectivity index (χ4n) is 3.11. The van der Waals surface area contributed by atoms with Crippen molar-refractivity contribution < 1.29 is 13.2 Å². The smallest absolute Gasteiger partial charge is 0.244 e. The highest BCUT2D eigenvalue weighted by Gasteiger charge is 2.33. The largest absolute Gasteiger partial charge is 0.495 e. The van der Waals surface area contributed by atoms with E-state index in [-0.39, 0.29) is 16.9 Å². The van der Waals surface area contributed by atoms with Crippen molar-refractivity contribution in [3.63, 3.8) is 0 Å². The van der Waals surface area contributed by atoms with Crippen LogP contribution < -0.4 is 14.8 Å². The van der Waals surface area contributed by atoms with Gasteiger partial charge in [-0.25, -0.2) is 13.1 Å². The van der Waals surface area contributed by atoms with Crippen LogP contribution in [0.5, 0.6) is 5.75 Å². The Bertz CT molecular complexity index is 806. The van der Waals surface area contributed by atoms with Crippen LogP contribution in [0.2, 0.25) is 0 Å². The molecule has 2 atom stereocenters. The summed E-state index contributed by atoms with van der Waals surface area (Å²) in [4.78, 5) is 0.184. The minimum Gasteiger partial charge on any atom is -0.495 e. The van der Waals surface area contributed by atoms with Crippen LogP contribution in [0.25, 0.3) is 0 Å². The lowest BCUT2D eigenvalue weighted by molar-refractivity contribution is 0.401. The van der Waals surface area contributed by atoms with Crippen LogP contribution >= 0.6 is 0 Å². The highest BCUT2D eigenvalue weighted by atomic mass is 32.2. The minimum atomic E-state index is -3.66. The van der Waals surface area contributed by atoms with Crippen LogP contribution in [0.3, 0.4) is 0 Å². The van der Waals surface area contributed by atoms with Gasteiger partial charge < -0.3 is 10.1 Å². The molecule has 0 amide bonds. The van der Waals surface area contributed by atoms with Crippen LogP contribution in [0, 0.1) is 6.92 Å². The number of hydrogen-bond donors (Lipinski definition) is 2. The zero-order chi connectivity index (χ0) is 17.2. The third kappa shape index (κ3) is 3.45. The van der Waals surface area contributed by atoms with Crippen molar-refractivity contribution in [3.8, 4) is 5.75 Å². The number of hydrogen-bond acceptors (Lipinski definition) is 4. The first-order chi connectivity index (χ1) is 11.5. The van der Waals surface area contributed by atoms with Gasteiger partial charge in [-0.1, -0.05) is 36.4 Å². The van der Waals surface area contributed by atoms with Gasteiger partial charge in [0.25, 0.3) is 0 Å². The van der Waals surface area contributed by atoms with Gasteiger partial charge in [-0.15, -0.1) is 0 Å². The monoisotopic (exact) mass is 346 g/mol. The van der Waals surface area contributed by atoms with Gasteiger partial charge in [0.2, 0.25) is 10.0 Å². The van der Waals surface area contributed by atoms with E-state index in [1.54, 1.807) is 12.1 Å². The highest BCUT2D eigenvalue weighted by Crippen LogP contribution is 2.28. The van der Waals surface area contributed by atoms with Crippen LogP contribution in [-0.2, 0) is 10.0 Å². The summed E-state index contributed by atoms with van der Waals surface area (Å²) in [5.74, 6) is 0.465. The maximum absolute atomic E-state index is 12.9. The molecule has 24 heavy (non-hydrogen) atoms. The van der Waals surface area contributed by atoms with Crippen molar-refractivity contribution in [2.45, 2.75) is 23.8 Å². The van der Waals surface area contributed by atoms with Crippen molar-refractivity contribution in [3.05, 3.63) is 59.7 Å². The first kappa shape index (κ1) is 17.0. The molecule has 2 N–H and O–H groups in total. The molecule has 128 valence electrons. The number of ether oxygens (including phenoxy) is 1. The highest BCUT2D eigenvalue weighted by molar-refractivity contribution is 7.89. The van der Waals surface area contributed by atoms with Crippen molar-refractivity contribution >= 4 is 10.0 Å². The first-order valence-electron chi connectivity index (χ1n) is 7.94. The summed E-state index contributed by atoms with van der Waals surface area (Å²) in [6.07, 6.45) is 0. The van der Waals surface area contributed by atoms with Crippen molar-refractivity contribution in [1.82, 2.24) is 10.0 Å². The molecule has 2 aromatic carbocycles. The van der Waals surface area contributed by atoms with Gasteiger partial charge in [0.05, 0.1) is 7.11 Å². The average Bonchev–Trinajstić information content (AvgIpc) is 3.03. The Hall–Kier alpha value is -1.89. The van der Waals surface area contributed by atoms with Crippen LogP contribution in [0.4, 0.5) is 0 Å². The lowest BCUT2D eigenvalue weighted by Crippen LogP contribution is -2.39. The third-order valence-electron chi connectivity index (χ3n) is 4.36. The van der Waals surface area contributed by atoms with E-state index in [2.05, 4.69) is 10.0 Å². The molecule has 0 bridgehead atoms. The molecule has 1 fully saturated rings. The molecule has 5 nitrogen and oxygen atoms in total. The van der Waals surface area contributed by atoms with Crippen molar-refractivity contribution in [2.75, 3.05) is 20.2 Å². The quantitative estimate of drug-likeness (QED) is 0.869. The van der Waals surface area contributed by atoms with E-state index in [0.29, 0.717) is 12.3 Å². The molecular formula is C18H22N2O3S. The van der Waals surface area contributed by atoms with E-state index in [9.17, 15) is 8.42 Å². The minimum absolute atomic E-state index is 0.108. The first-order valence-corrected chi connectivity index (χ1v) is 9.42. The Labute approximate surface area is 143 Å². The Morgan fingerprint density at radius 1 is 1.12 bits per heavy atom. The number of rotatable bonds is 5. The van der Waals surface area contributed by atoms with Gasteiger partial charge in [0.15, 0.2) is 0 Å². The van der Waals surface area contributed by atoms with E-state index in [1.165, 1.54) is 7.11 Å². The average molecular weight is 346 g/mol. The number of aryl methyl sites for hydroxylation is 1. The lowest BCUT2D eigenvalue weighted by Gasteiger charge is -2.21. The van der Waals surface area contributed by atoms with Gasteiger partial charge in [-0.2, -0.15) is 0 Å². The van der Waals surface area contributed by atoms with Crippen LogP contribution in [0.1, 0.15) is 17.0 Å². The zero-order valence-electron chi connectivity index (χ0n) is 13.8. The summed E-state index contributed by atoms with van der Waals surface area (Å²) >= 11 is 0. The van der Waals surface area contributed by atoms with Crippen molar-refractivity contribution in [1.29, 1.82) is 0 Å². The summed E-state index contributed by atoms with van der Waals surface area (Å²) in [5, 5.41) is 3.28. The molecule has 0 aliphatic carbocycles. The van der Waals surface area contributed by atoms with Gasteiger partial charge >= 0.3 is 0 Å². The van der Waals surface area contributed by atoms with Crippen LogP contribution in [-0.4, -0.2) is 34.7 Å². The van der Waals surface area contributed by atoms with E-state index in [0.717, 1.165) is 17.7 Å². The number of methoxy groups -OCH3 is 1. The summed E-state index contributed by atoms with van der Waals surface area (Å²) in [7, 11) is -2.19. The molecule has 0 saturated carbocycles. The second-order valence-corrected chi connectivity index (χ2v) is 7.74. The molecule has 1 aliphatic heterocycles. The number of nitrogens with one attached hydrogen (secondary N) is 2. The van der Waals surface area contributed by atoms with E-state index in [1.807, 2.05) is 43.3 Å². The maximum atomic E-state index is 12.9. The SMILES string of the molecule is COc1ccc(C)cc1S(=O)(=O)N[C@H]1CNC[C@@H]1c1ccccc1.